The van der Waals surface area contributed by atoms with Crippen LogP contribution in [0.15, 0.2) is 66.0 Å². The van der Waals surface area contributed by atoms with Crippen LogP contribution in [0.25, 0.3) is 31.7 Å². The van der Waals surface area contributed by atoms with Crippen LogP contribution in [0, 0.1) is 0 Å². The second-order valence-electron chi connectivity index (χ2n) is 8.12. The molecule has 8 heteroatoms. The number of nitrogens with zero attached hydrogens (tertiary/aromatic N) is 4. The van der Waals surface area contributed by atoms with Crippen molar-refractivity contribution in [3.63, 3.8) is 0 Å². The number of thiophene rings is 1. The molecule has 0 aliphatic heterocycles. The Balaban J connectivity index is 1.63. The van der Waals surface area contributed by atoms with E-state index in [1.807, 2.05) is 66.0 Å². The summed E-state index contributed by atoms with van der Waals surface area (Å²) in [6.45, 7) is 7.40. The summed E-state index contributed by atoms with van der Waals surface area (Å²) in [6, 6.07) is 19.5. The molecule has 5 nitrogen and oxygen atoms in total. The molecule has 1 amide bonds. The summed E-state index contributed by atoms with van der Waals surface area (Å²) in [5.74, 6) is -0.0799. The summed E-state index contributed by atoms with van der Waals surface area (Å²) in [5.41, 5.74) is 2.97. The van der Waals surface area contributed by atoms with Gasteiger partial charge in [-0.05, 0) is 48.8 Å². The Labute approximate surface area is 217 Å². The van der Waals surface area contributed by atoms with Gasteiger partial charge in [-0.1, -0.05) is 67.1 Å². The molecule has 0 aliphatic rings. The Bertz CT molecular complexity index is 1480. The number of amides is 1. The van der Waals surface area contributed by atoms with E-state index in [0.29, 0.717) is 22.3 Å². The summed E-state index contributed by atoms with van der Waals surface area (Å²) < 4.78 is 0.965. The minimum Gasteiger partial charge on any atom is -0.302 e. The van der Waals surface area contributed by atoms with Crippen molar-refractivity contribution in [2.24, 2.45) is 0 Å². The minimum absolute atomic E-state index is 0.0799. The Morgan fingerprint density at radius 3 is 2.54 bits per heavy atom. The molecule has 5 rings (SSSR count). The molecule has 0 radical (unpaired) electrons. The van der Waals surface area contributed by atoms with Crippen molar-refractivity contribution in [2.75, 3.05) is 31.1 Å². The maximum atomic E-state index is 14.2. The molecule has 178 valence electrons. The second-order valence-corrected chi connectivity index (χ2v) is 10.5. The van der Waals surface area contributed by atoms with Crippen LogP contribution in [0.4, 0.5) is 5.13 Å². The minimum atomic E-state index is -0.0799. The number of halogens is 1. The summed E-state index contributed by atoms with van der Waals surface area (Å²) in [7, 11) is 0. The van der Waals surface area contributed by atoms with Gasteiger partial charge in [0.05, 0.1) is 31.4 Å². The van der Waals surface area contributed by atoms with Crippen LogP contribution in [0.2, 0.25) is 5.02 Å². The lowest BCUT2D eigenvalue weighted by molar-refractivity contribution is 0.0985. The molecule has 0 aliphatic carbocycles. The average molecular weight is 521 g/mol. The number of fused-ring (bicyclic) bond motifs is 2. The van der Waals surface area contributed by atoms with Crippen LogP contribution in [-0.4, -0.2) is 47.0 Å². The highest BCUT2D eigenvalue weighted by molar-refractivity contribution is 7.22. The predicted octanol–water partition coefficient (Wildman–Crippen LogP) is 7.22. The maximum absolute atomic E-state index is 14.2. The summed E-state index contributed by atoms with van der Waals surface area (Å²) in [6.07, 6.45) is 0. The molecule has 2 aromatic carbocycles. The fourth-order valence-corrected chi connectivity index (χ4v) is 6.11. The zero-order chi connectivity index (χ0) is 24.4. The van der Waals surface area contributed by atoms with Gasteiger partial charge in [-0.15, -0.1) is 11.3 Å². The summed E-state index contributed by atoms with van der Waals surface area (Å²) in [4.78, 5) is 29.0. The molecular weight excluding hydrogens is 496 g/mol. The van der Waals surface area contributed by atoms with Gasteiger partial charge in [-0.2, -0.15) is 0 Å². The van der Waals surface area contributed by atoms with Crippen LogP contribution >= 0.6 is 34.3 Å². The number of aromatic nitrogens is 2. The summed E-state index contributed by atoms with van der Waals surface area (Å²) >= 11 is 9.54. The number of carbonyl (C=O) groups is 1. The van der Waals surface area contributed by atoms with Gasteiger partial charge in [0.2, 0.25) is 0 Å². The van der Waals surface area contributed by atoms with Gasteiger partial charge in [-0.25, -0.2) is 9.97 Å². The average Bonchev–Trinajstić information content (AvgIpc) is 3.57. The fourth-order valence-electron chi connectivity index (χ4n) is 4.13. The van der Waals surface area contributed by atoms with Crippen molar-refractivity contribution in [2.45, 2.75) is 13.8 Å². The Morgan fingerprint density at radius 1 is 0.971 bits per heavy atom. The number of thiazole rings is 1. The van der Waals surface area contributed by atoms with Gasteiger partial charge in [0.15, 0.2) is 5.13 Å². The van der Waals surface area contributed by atoms with Crippen molar-refractivity contribution >= 4 is 66.4 Å². The zero-order valence-corrected chi connectivity index (χ0v) is 22.0. The van der Waals surface area contributed by atoms with Gasteiger partial charge >= 0.3 is 0 Å². The first kappa shape index (κ1) is 23.9. The van der Waals surface area contributed by atoms with Gasteiger partial charge in [0.25, 0.3) is 5.91 Å². The highest BCUT2D eigenvalue weighted by Crippen LogP contribution is 2.35. The molecule has 0 saturated carbocycles. The highest BCUT2D eigenvalue weighted by atomic mass is 35.5. The molecule has 0 atom stereocenters. The van der Waals surface area contributed by atoms with E-state index in [1.54, 1.807) is 16.2 Å². The standard InChI is InChI=1S/C27H25ClN4OS2/c1-3-31(4-2)14-15-32(27-30-25-20(28)10-7-12-24(25)35-27)26(33)19-17-22(23-13-8-16-34-23)29-21-11-6-5-9-18(19)21/h5-13,16-17H,3-4,14-15H2,1-2H3. The van der Waals surface area contributed by atoms with E-state index >= 15 is 0 Å². The smallest absolute Gasteiger partial charge is 0.260 e. The van der Waals surface area contributed by atoms with Gasteiger partial charge in [0.1, 0.15) is 5.52 Å². The van der Waals surface area contributed by atoms with E-state index in [9.17, 15) is 4.79 Å². The van der Waals surface area contributed by atoms with E-state index in [-0.39, 0.29) is 5.91 Å². The SMILES string of the molecule is CCN(CC)CCN(C(=O)c1cc(-c2cccs2)nc2ccccc12)c1nc2c(Cl)cccc2s1. The van der Waals surface area contributed by atoms with E-state index in [2.05, 4.69) is 18.7 Å². The van der Waals surface area contributed by atoms with Gasteiger partial charge in [0, 0.05) is 18.5 Å². The first-order valence-electron chi connectivity index (χ1n) is 11.6. The molecule has 0 fully saturated rings. The van der Waals surface area contributed by atoms with Gasteiger partial charge in [-0.3, -0.25) is 9.69 Å². The molecule has 0 bridgehead atoms. The normalized spacial score (nSPS) is 11.5. The van der Waals surface area contributed by atoms with Crippen LogP contribution in [0.3, 0.4) is 0 Å². The lowest BCUT2D eigenvalue weighted by Gasteiger charge is -2.25. The van der Waals surface area contributed by atoms with E-state index < -0.39 is 0 Å². The lowest BCUT2D eigenvalue weighted by Crippen LogP contribution is -2.39. The third-order valence-corrected chi connectivity index (χ3v) is 8.33. The van der Waals surface area contributed by atoms with E-state index in [1.165, 1.54) is 11.3 Å². The molecule has 0 spiro atoms. The van der Waals surface area contributed by atoms with Crippen LogP contribution in [0.5, 0.6) is 0 Å². The number of benzene rings is 2. The third-order valence-electron chi connectivity index (χ3n) is 6.09. The second kappa shape index (κ2) is 10.4. The molecule has 0 unspecified atom stereocenters. The zero-order valence-electron chi connectivity index (χ0n) is 19.6. The van der Waals surface area contributed by atoms with Crippen LogP contribution < -0.4 is 4.90 Å². The van der Waals surface area contributed by atoms with Crippen molar-refractivity contribution < 1.29 is 4.79 Å². The van der Waals surface area contributed by atoms with Crippen molar-refractivity contribution in [3.8, 4) is 10.6 Å². The molecule has 5 aromatic rings. The Kier molecular flexibility index (Phi) is 7.11. The van der Waals surface area contributed by atoms with Crippen LogP contribution in [0.1, 0.15) is 24.2 Å². The number of hydrogen-bond donors (Lipinski definition) is 0. The van der Waals surface area contributed by atoms with E-state index in [4.69, 9.17) is 21.6 Å². The molecule has 0 N–H and O–H groups in total. The molecular formula is C27H25ClN4OS2. The summed E-state index contributed by atoms with van der Waals surface area (Å²) in [5, 5.41) is 4.11. The van der Waals surface area contributed by atoms with Gasteiger partial charge < -0.3 is 4.90 Å². The Morgan fingerprint density at radius 2 is 1.80 bits per heavy atom. The number of pyridine rings is 1. The molecule has 35 heavy (non-hydrogen) atoms. The number of rotatable bonds is 8. The first-order valence-corrected chi connectivity index (χ1v) is 13.7. The number of likely N-dealkylation sites (N-methyl/N-ethyl adjacent to an activating group) is 1. The number of para-hydroxylation sites is 2. The third kappa shape index (κ3) is 4.82. The molecule has 3 heterocycles. The van der Waals surface area contributed by atoms with Crippen molar-refractivity contribution in [3.05, 3.63) is 76.6 Å². The van der Waals surface area contributed by atoms with Crippen molar-refractivity contribution in [1.29, 1.82) is 0 Å². The topological polar surface area (TPSA) is 49.3 Å². The van der Waals surface area contributed by atoms with Crippen molar-refractivity contribution in [1.82, 2.24) is 14.9 Å². The molecule has 0 saturated heterocycles. The fraction of sp³-hybridized carbons (Fsp3) is 0.222. The monoisotopic (exact) mass is 520 g/mol. The Hall–Kier alpha value is -2.84. The lowest BCUT2D eigenvalue weighted by atomic mass is 10.1. The number of hydrogen-bond acceptors (Lipinski definition) is 6. The quantitative estimate of drug-likeness (QED) is 0.217. The first-order chi connectivity index (χ1) is 17.1. The molecule has 3 aromatic heterocycles. The number of anilines is 1. The number of carbonyl (C=O) groups excluding carboxylic acids is 1. The predicted molar refractivity (Wildman–Crippen MR) is 149 cm³/mol. The van der Waals surface area contributed by atoms with E-state index in [0.717, 1.165) is 51.3 Å². The largest absolute Gasteiger partial charge is 0.302 e. The highest BCUT2D eigenvalue weighted by Gasteiger charge is 2.25. The maximum Gasteiger partial charge on any atom is 0.260 e. The van der Waals surface area contributed by atoms with Crippen LogP contribution in [-0.2, 0) is 0 Å².